The Labute approximate surface area is 191 Å². The maximum absolute atomic E-state index is 12.5. The Hall–Kier alpha value is -3.09. The van der Waals surface area contributed by atoms with Gasteiger partial charge in [0, 0.05) is 16.8 Å². The average molecular weight is 446 g/mol. The summed E-state index contributed by atoms with van der Waals surface area (Å²) in [6.45, 7) is 6.43. The van der Waals surface area contributed by atoms with Crippen LogP contribution in [-0.2, 0) is 5.41 Å². The van der Waals surface area contributed by atoms with Gasteiger partial charge < -0.3 is 5.32 Å². The van der Waals surface area contributed by atoms with E-state index in [4.69, 9.17) is 12.2 Å². The Kier molecular flexibility index (Phi) is 5.85. The third-order valence-corrected chi connectivity index (χ3v) is 6.21. The van der Waals surface area contributed by atoms with Crippen molar-refractivity contribution in [1.82, 2.24) is 10.3 Å². The van der Waals surface area contributed by atoms with Gasteiger partial charge >= 0.3 is 0 Å². The number of hydrogen-bond donors (Lipinski definition) is 2. The van der Waals surface area contributed by atoms with E-state index in [9.17, 15) is 4.79 Å². The highest BCUT2D eigenvalue weighted by molar-refractivity contribution is 7.80. The fraction of sp³-hybridized carbons (Fsp3) is 0.160. The van der Waals surface area contributed by atoms with Gasteiger partial charge in [-0.2, -0.15) is 0 Å². The molecule has 0 aliphatic rings. The number of benzene rings is 3. The maximum atomic E-state index is 12.5. The van der Waals surface area contributed by atoms with E-state index in [1.54, 1.807) is 11.3 Å². The Bertz CT molecular complexity index is 1200. The highest BCUT2D eigenvalue weighted by atomic mass is 32.1. The minimum atomic E-state index is -0.232. The van der Waals surface area contributed by atoms with Gasteiger partial charge in [-0.05, 0) is 71.7 Å². The van der Waals surface area contributed by atoms with E-state index in [1.165, 1.54) is 10.3 Å². The average Bonchev–Trinajstić information content (AvgIpc) is 3.18. The second-order valence-electron chi connectivity index (χ2n) is 8.30. The Morgan fingerprint density at radius 1 is 0.935 bits per heavy atom. The summed E-state index contributed by atoms with van der Waals surface area (Å²) in [5.41, 5.74) is 4.65. The van der Waals surface area contributed by atoms with Gasteiger partial charge in [0.15, 0.2) is 5.11 Å². The van der Waals surface area contributed by atoms with E-state index in [-0.39, 0.29) is 16.4 Å². The van der Waals surface area contributed by atoms with Crippen LogP contribution in [0, 0.1) is 0 Å². The molecule has 31 heavy (non-hydrogen) atoms. The molecule has 4 rings (SSSR count). The molecule has 4 nitrogen and oxygen atoms in total. The normalized spacial score (nSPS) is 11.3. The number of hydrogen-bond acceptors (Lipinski definition) is 4. The molecule has 0 saturated carbocycles. The fourth-order valence-electron chi connectivity index (χ4n) is 3.15. The van der Waals surface area contributed by atoms with Crippen molar-refractivity contribution in [2.24, 2.45) is 0 Å². The Balaban J connectivity index is 1.38. The lowest BCUT2D eigenvalue weighted by molar-refractivity contribution is 0.0977. The number of nitrogens with one attached hydrogen (secondary N) is 2. The van der Waals surface area contributed by atoms with E-state index in [0.717, 1.165) is 21.8 Å². The molecule has 0 aliphatic heterocycles. The van der Waals surface area contributed by atoms with Crippen molar-refractivity contribution in [3.05, 3.63) is 83.9 Å². The third-order valence-electron chi connectivity index (χ3n) is 4.92. The molecule has 156 valence electrons. The summed E-state index contributed by atoms with van der Waals surface area (Å²) in [6.07, 6.45) is 0. The number of para-hydroxylation sites is 1. The quantitative estimate of drug-likeness (QED) is 0.359. The molecular weight excluding hydrogens is 422 g/mol. The summed E-state index contributed by atoms with van der Waals surface area (Å²) in [4.78, 5) is 17.2. The van der Waals surface area contributed by atoms with Crippen LogP contribution in [0.25, 0.3) is 20.8 Å². The molecule has 0 saturated heterocycles. The molecule has 6 heteroatoms. The van der Waals surface area contributed by atoms with E-state index in [1.807, 2.05) is 66.7 Å². The molecule has 2 N–H and O–H groups in total. The first-order chi connectivity index (χ1) is 14.8. The summed E-state index contributed by atoms with van der Waals surface area (Å²) in [5.74, 6) is -0.232. The van der Waals surface area contributed by atoms with Crippen LogP contribution < -0.4 is 10.6 Å². The number of thiocarbonyl (C=S) groups is 1. The van der Waals surface area contributed by atoms with Gasteiger partial charge in [0.1, 0.15) is 5.01 Å². The van der Waals surface area contributed by atoms with Crippen molar-refractivity contribution in [2.45, 2.75) is 26.2 Å². The lowest BCUT2D eigenvalue weighted by Gasteiger charge is -2.19. The van der Waals surface area contributed by atoms with Crippen LogP contribution in [0.4, 0.5) is 5.69 Å². The largest absolute Gasteiger partial charge is 0.332 e. The van der Waals surface area contributed by atoms with Crippen LogP contribution in [0.1, 0.15) is 36.7 Å². The Morgan fingerprint density at radius 3 is 2.26 bits per heavy atom. The summed E-state index contributed by atoms with van der Waals surface area (Å²) in [6, 6.07) is 23.6. The number of fused-ring (bicyclic) bond motifs is 1. The van der Waals surface area contributed by atoms with E-state index in [2.05, 4.69) is 42.5 Å². The third kappa shape index (κ3) is 4.98. The first kappa shape index (κ1) is 21.2. The molecule has 0 bridgehead atoms. The highest BCUT2D eigenvalue weighted by Gasteiger charge is 2.15. The zero-order valence-corrected chi connectivity index (χ0v) is 19.2. The van der Waals surface area contributed by atoms with Gasteiger partial charge in [-0.15, -0.1) is 11.3 Å². The summed E-state index contributed by atoms with van der Waals surface area (Å²) >= 11 is 6.98. The molecule has 1 heterocycles. The molecule has 0 radical (unpaired) electrons. The molecule has 3 aromatic carbocycles. The molecule has 1 aromatic heterocycles. The lowest BCUT2D eigenvalue weighted by atomic mass is 9.87. The van der Waals surface area contributed by atoms with Crippen LogP contribution >= 0.6 is 23.6 Å². The number of carbonyl (C=O) groups excluding carboxylic acids is 1. The predicted molar refractivity (Wildman–Crippen MR) is 134 cm³/mol. The van der Waals surface area contributed by atoms with Crippen molar-refractivity contribution in [3.8, 4) is 10.6 Å². The number of amides is 1. The van der Waals surface area contributed by atoms with E-state index in [0.29, 0.717) is 5.56 Å². The second kappa shape index (κ2) is 8.57. The topological polar surface area (TPSA) is 54.0 Å². The van der Waals surface area contributed by atoms with Crippen LogP contribution in [-0.4, -0.2) is 16.0 Å². The molecule has 0 atom stereocenters. The van der Waals surface area contributed by atoms with Gasteiger partial charge in [0.25, 0.3) is 5.91 Å². The van der Waals surface area contributed by atoms with Crippen molar-refractivity contribution < 1.29 is 4.79 Å². The number of thiazole rings is 1. The summed E-state index contributed by atoms with van der Waals surface area (Å²) < 4.78 is 1.17. The van der Waals surface area contributed by atoms with Gasteiger partial charge in [0.05, 0.1) is 10.2 Å². The van der Waals surface area contributed by atoms with Crippen molar-refractivity contribution >= 4 is 50.5 Å². The van der Waals surface area contributed by atoms with Gasteiger partial charge in [-0.3, -0.25) is 10.1 Å². The number of rotatable bonds is 3. The molecule has 0 fully saturated rings. The minimum Gasteiger partial charge on any atom is -0.332 e. The zero-order valence-electron chi connectivity index (χ0n) is 17.6. The lowest BCUT2D eigenvalue weighted by Crippen LogP contribution is -2.34. The first-order valence-corrected chi connectivity index (χ1v) is 11.2. The van der Waals surface area contributed by atoms with Gasteiger partial charge in [-0.25, -0.2) is 4.98 Å². The number of anilines is 1. The van der Waals surface area contributed by atoms with Crippen LogP contribution in [0.3, 0.4) is 0 Å². The predicted octanol–water partition coefficient (Wildman–Crippen LogP) is 6.39. The fourth-order valence-corrected chi connectivity index (χ4v) is 4.33. The standard InChI is InChI=1S/C25H23N3OS2/c1-25(2,3)18-12-8-16(9-13-18)22(29)28-24(30)26-19-14-10-17(11-15-19)23-27-20-6-4-5-7-21(20)31-23/h4-15H,1-3H3,(H2,26,28,29,30). The molecule has 0 spiro atoms. The molecular formula is C25H23N3OS2. The van der Waals surface area contributed by atoms with Crippen molar-refractivity contribution in [1.29, 1.82) is 0 Å². The van der Waals surface area contributed by atoms with Crippen LogP contribution in [0.2, 0.25) is 0 Å². The summed E-state index contributed by atoms with van der Waals surface area (Å²) in [5, 5.41) is 7.04. The van der Waals surface area contributed by atoms with Crippen LogP contribution in [0.15, 0.2) is 72.8 Å². The first-order valence-electron chi connectivity index (χ1n) is 9.98. The van der Waals surface area contributed by atoms with Crippen LogP contribution in [0.5, 0.6) is 0 Å². The second-order valence-corrected chi connectivity index (χ2v) is 9.74. The zero-order chi connectivity index (χ0) is 22.0. The minimum absolute atomic E-state index is 0.0450. The molecule has 1 amide bonds. The number of carbonyl (C=O) groups is 1. The monoisotopic (exact) mass is 445 g/mol. The molecule has 0 unspecified atom stereocenters. The maximum Gasteiger partial charge on any atom is 0.257 e. The van der Waals surface area contributed by atoms with Gasteiger partial charge in [0.2, 0.25) is 0 Å². The number of nitrogens with zero attached hydrogens (tertiary/aromatic N) is 1. The SMILES string of the molecule is CC(C)(C)c1ccc(C(=O)NC(=S)Nc2ccc(-c3nc4ccccc4s3)cc2)cc1. The Morgan fingerprint density at radius 2 is 1.61 bits per heavy atom. The van der Waals surface area contributed by atoms with E-state index < -0.39 is 0 Å². The van der Waals surface area contributed by atoms with E-state index >= 15 is 0 Å². The van der Waals surface area contributed by atoms with Crippen molar-refractivity contribution in [2.75, 3.05) is 5.32 Å². The molecule has 4 aromatic rings. The smallest absolute Gasteiger partial charge is 0.257 e. The molecule has 0 aliphatic carbocycles. The van der Waals surface area contributed by atoms with Crippen molar-refractivity contribution in [3.63, 3.8) is 0 Å². The highest BCUT2D eigenvalue weighted by Crippen LogP contribution is 2.30. The number of aromatic nitrogens is 1. The summed E-state index contributed by atoms with van der Waals surface area (Å²) in [7, 11) is 0. The van der Waals surface area contributed by atoms with Gasteiger partial charge in [-0.1, -0.05) is 45.0 Å².